The SMILES string of the molecule is OC=Cc1ccccc1.OC=Cc1ccccc1. The highest BCUT2D eigenvalue weighted by Gasteiger charge is 1.79. The molecule has 0 unspecified atom stereocenters. The number of benzene rings is 2. The van der Waals surface area contributed by atoms with Crippen molar-refractivity contribution < 1.29 is 10.2 Å². The summed E-state index contributed by atoms with van der Waals surface area (Å²) in [6.07, 6.45) is 5.35. The molecule has 0 aliphatic rings. The predicted octanol–water partition coefficient (Wildman–Crippen LogP) is 4.43. The van der Waals surface area contributed by atoms with Crippen LogP contribution in [-0.2, 0) is 0 Å². The first-order chi connectivity index (χ1) is 8.86. The molecule has 0 saturated heterocycles. The van der Waals surface area contributed by atoms with E-state index in [-0.39, 0.29) is 0 Å². The van der Waals surface area contributed by atoms with E-state index in [1.807, 2.05) is 60.7 Å². The van der Waals surface area contributed by atoms with Gasteiger partial charge in [0, 0.05) is 0 Å². The maximum atomic E-state index is 8.34. The van der Waals surface area contributed by atoms with Gasteiger partial charge < -0.3 is 10.2 Å². The van der Waals surface area contributed by atoms with E-state index in [1.165, 1.54) is 0 Å². The normalized spacial score (nSPS) is 10.2. The van der Waals surface area contributed by atoms with Gasteiger partial charge in [-0.1, -0.05) is 60.7 Å². The lowest BCUT2D eigenvalue weighted by Gasteiger charge is -1.86. The van der Waals surface area contributed by atoms with E-state index in [1.54, 1.807) is 12.2 Å². The molecule has 2 heteroatoms. The van der Waals surface area contributed by atoms with E-state index in [2.05, 4.69) is 0 Å². The Bertz CT molecular complexity index is 425. The molecule has 0 amide bonds. The number of aliphatic hydroxyl groups excluding tert-OH is 2. The van der Waals surface area contributed by atoms with Crippen LogP contribution >= 0.6 is 0 Å². The van der Waals surface area contributed by atoms with Gasteiger partial charge in [0.1, 0.15) is 0 Å². The van der Waals surface area contributed by atoms with Crippen molar-refractivity contribution in [1.29, 1.82) is 0 Å². The molecule has 2 aromatic rings. The van der Waals surface area contributed by atoms with Gasteiger partial charge in [0.25, 0.3) is 0 Å². The molecule has 2 aromatic carbocycles. The van der Waals surface area contributed by atoms with Crippen molar-refractivity contribution in [2.75, 3.05) is 0 Å². The molecule has 0 bridgehead atoms. The van der Waals surface area contributed by atoms with Crippen molar-refractivity contribution in [2.24, 2.45) is 0 Å². The molecule has 0 aromatic heterocycles. The van der Waals surface area contributed by atoms with Crippen molar-refractivity contribution in [3.8, 4) is 0 Å². The third-order valence-electron chi connectivity index (χ3n) is 2.13. The molecule has 0 aliphatic heterocycles. The lowest BCUT2D eigenvalue weighted by molar-refractivity contribution is 0.477. The Morgan fingerprint density at radius 3 is 1.17 bits per heavy atom. The third kappa shape index (κ3) is 5.56. The van der Waals surface area contributed by atoms with Gasteiger partial charge in [0.15, 0.2) is 0 Å². The average Bonchev–Trinajstić information content (AvgIpc) is 2.43. The summed E-state index contributed by atoms with van der Waals surface area (Å²) in [4.78, 5) is 0. The lowest BCUT2D eigenvalue weighted by Crippen LogP contribution is -1.66. The fourth-order valence-corrected chi connectivity index (χ4v) is 1.30. The Morgan fingerprint density at radius 1 is 0.556 bits per heavy atom. The molecule has 92 valence electrons. The second-order valence-corrected chi connectivity index (χ2v) is 3.45. The smallest absolute Gasteiger partial charge is 0.0797 e. The summed E-state index contributed by atoms with van der Waals surface area (Å²) in [6, 6.07) is 19.3. The van der Waals surface area contributed by atoms with Crippen LogP contribution in [0.15, 0.2) is 73.2 Å². The summed E-state index contributed by atoms with van der Waals surface area (Å²) in [6.45, 7) is 0. The molecule has 0 saturated carbocycles. The molecular formula is C16H16O2. The van der Waals surface area contributed by atoms with Crippen LogP contribution in [-0.4, -0.2) is 10.2 Å². The standard InChI is InChI=1S/2C8H8O/c2*9-7-6-8-4-2-1-3-5-8/h2*1-7,9H. The monoisotopic (exact) mass is 240 g/mol. The zero-order valence-electron chi connectivity index (χ0n) is 9.98. The summed E-state index contributed by atoms with van der Waals surface area (Å²) >= 11 is 0. The van der Waals surface area contributed by atoms with Crippen LogP contribution in [0.5, 0.6) is 0 Å². The highest BCUT2D eigenvalue weighted by molar-refractivity contribution is 5.47. The summed E-state index contributed by atoms with van der Waals surface area (Å²) in [5, 5.41) is 16.7. The maximum absolute atomic E-state index is 8.34. The molecule has 0 atom stereocenters. The Labute approximate surface area is 107 Å². The quantitative estimate of drug-likeness (QED) is 0.762. The minimum atomic E-state index is 1.01. The lowest BCUT2D eigenvalue weighted by atomic mass is 10.2. The van der Waals surface area contributed by atoms with Gasteiger partial charge in [-0.25, -0.2) is 0 Å². The van der Waals surface area contributed by atoms with Crippen molar-refractivity contribution in [2.45, 2.75) is 0 Å². The molecule has 2 nitrogen and oxygen atoms in total. The second kappa shape index (κ2) is 8.65. The van der Waals surface area contributed by atoms with E-state index >= 15 is 0 Å². The number of rotatable bonds is 2. The molecule has 0 spiro atoms. The second-order valence-electron chi connectivity index (χ2n) is 3.45. The summed E-state index contributed by atoms with van der Waals surface area (Å²) in [5.74, 6) is 0. The number of hydrogen-bond donors (Lipinski definition) is 2. The van der Waals surface area contributed by atoms with Crippen molar-refractivity contribution in [1.82, 2.24) is 0 Å². The van der Waals surface area contributed by atoms with E-state index in [0.29, 0.717) is 0 Å². The fourth-order valence-electron chi connectivity index (χ4n) is 1.30. The molecule has 2 N–H and O–H groups in total. The first-order valence-corrected chi connectivity index (χ1v) is 5.58. The Morgan fingerprint density at radius 2 is 0.889 bits per heavy atom. The predicted molar refractivity (Wildman–Crippen MR) is 76.2 cm³/mol. The van der Waals surface area contributed by atoms with Crippen LogP contribution in [0.1, 0.15) is 11.1 Å². The summed E-state index contributed by atoms with van der Waals surface area (Å²) in [7, 11) is 0. The molecule has 0 aliphatic carbocycles. The molecule has 18 heavy (non-hydrogen) atoms. The van der Waals surface area contributed by atoms with Crippen LogP contribution in [0.25, 0.3) is 12.2 Å². The Hall–Kier alpha value is -2.48. The van der Waals surface area contributed by atoms with Crippen LogP contribution in [0.4, 0.5) is 0 Å². The minimum Gasteiger partial charge on any atom is -0.516 e. The van der Waals surface area contributed by atoms with Gasteiger partial charge in [-0.3, -0.25) is 0 Å². The molecule has 0 heterocycles. The van der Waals surface area contributed by atoms with Crippen LogP contribution in [0.2, 0.25) is 0 Å². The van der Waals surface area contributed by atoms with Crippen molar-refractivity contribution >= 4 is 12.2 Å². The Balaban J connectivity index is 0.000000180. The highest BCUT2D eigenvalue weighted by Crippen LogP contribution is 1.99. The van der Waals surface area contributed by atoms with E-state index < -0.39 is 0 Å². The van der Waals surface area contributed by atoms with E-state index in [9.17, 15) is 0 Å². The van der Waals surface area contributed by atoms with Crippen molar-refractivity contribution in [3.63, 3.8) is 0 Å². The van der Waals surface area contributed by atoms with Crippen molar-refractivity contribution in [3.05, 3.63) is 84.3 Å². The van der Waals surface area contributed by atoms with Gasteiger partial charge in [-0.15, -0.1) is 0 Å². The molecule has 0 fully saturated rings. The number of aliphatic hydroxyl groups is 2. The third-order valence-corrected chi connectivity index (χ3v) is 2.13. The Kier molecular flexibility index (Phi) is 6.53. The van der Waals surface area contributed by atoms with Crippen LogP contribution in [0, 0.1) is 0 Å². The van der Waals surface area contributed by atoms with Gasteiger partial charge >= 0.3 is 0 Å². The first kappa shape index (κ1) is 13.6. The van der Waals surface area contributed by atoms with Gasteiger partial charge in [-0.05, 0) is 23.3 Å². The average molecular weight is 240 g/mol. The highest BCUT2D eigenvalue weighted by atomic mass is 16.2. The van der Waals surface area contributed by atoms with E-state index in [4.69, 9.17) is 10.2 Å². The van der Waals surface area contributed by atoms with Crippen LogP contribution in [0.3, 0.4) is 0 Å². The molecular weight excluding hydrogens is 224 g/mol. The van der Waals surface area contributed by atoms with Crippen LogP contribution < -0.4 is 0 Å². The molecule has 2 rings (SSSR count). The number of hydrogen-bond acceptors (Lipinski definition) is 2. The topological polar surface area (TPSA) is 40.5 Å². The van der Waals surface area contributed by atoms with Gasteiger partial charge in [-0.2, -0.15) is 0 Å². The zero-order valence-corrected chi connectivity index (χ0v) is 9.98. The summed E-state index contributed by atoms with van der Waals surface area (Å²) < 4.78 is 0. The maximum Gasteiger partial charge on any atom is 0.0797 e. The van der Waals surface area contributed by atoms with Gasteiger partial charge in [0.05, 0.1) is 12.5 Å². The minimum absolute atomic E-state index is 1.01. The molecule has 0 radical (unpaired) electrons. The zero-order chi connectivity index (χ0) is 13.1. The van der Waals surface area contributed by atoms with E-state index in [0.717, 1.165) is 23.7 Å². The van der Waals surface area contributed by atoms with Gasteiger partial charge in [0.2, 0.25) is 0 Å². The first-order valence-electron chi connectivity index (χ1n) is 5.58. The fraction of sp³-hybridized carbons (Fsp3) is 0. The largest absolute Gasteiger partial charge is 0.516 e. The summed E-state index contributed by atoms with van der Waals surface area (Å²) in [5.41, 5.74) is 2.03.